The van der Waals surface area contributed by atoms with Gasteiger partial charge >= 0.3 is 0 Å². The Morgan fingerprint density at radius 3 is 2.89 bits per heavy atom. The summed E-state index contributed by atoms with van der Waals surface area (Å²) >= 11 is 1.48. The molecule has 1 aliphatic rings. The zero-order valence-electron chi connectivity index (χ0n) is 15.5. The van der Waals surface area contributed by atoms with Crippen LogP contribution in [0.25, 0.3) is 10.2 Å². The van der Waals surface area contributed by atoms with E-state index in [1.165, 1.54) is 34.6 Å². The van der Waals surface area contributed by atoms with Gasteiger partial charge in [0.2, 0.25) is 5.91 Å². The Bertz CT molecular complexity index is 1000. The summed E-state index contributed by atoms with van der Waals surface area (Å²) in [5, 5.41) is 3.91. The molecular formula is C21H22FN3OS. The van der Waals surface area contributed by atoms with Gasteiger partial charge < -0.3 is 10.2 Å². The lowest BCUT2D eigenvalue weighted by molar-refractivity contribution is -0.120. The zero-order valence-corrected chi connectivity index (χ0v) is 16.3. The van der Waals surface area contributed by atoms with Crippen LogP contribution in [0.5, 0.6) is 0 Å². The number of aryl methyl sites for hydroxylation is 2. The van der Waals surface area contributed by atoms with E-state index in [9.17, 15) is 9.18 Å². The second kappa shape index (κ2) is 7.27. The van der Waals surface area contributed by atoms with Crippen molar-refractivity contribution >= 4 is 38.3 Å². The standard InChI is InChI=1S/C21H22FN3OS/c1-13-5-7-17(10-14(13)2)23-20(26)15-4-3-9-25(12-15)21-24-18-8-6-16(22)11-19(18)27-21/h5-8,10-11,15H,3-4,9,12H2,1-2H3,(H,23,26). The minimum Gasteiger partial charge on any atom is -0.347 e. The number of anilines is 2. The van der Waals surface area contributed by atoms with Crippen LogP contribution in [-0.2, 0) is 4.79 Å². The molecule has 1 saturated heterocycles. The van der Waals surface area contributed by atoms with Gasteiger partial charge in [-0.25, -0.2) is 9.37 Å². The summed E-state index contributed by atoms with van der Waals surface area (Å²) in [5.74, 6) is -0.277. The molecule has 0 bridgehead atoms. The van der Waals surface area contributed by atoms with Crippen molar-refractivity contribution in [1.82, 2.24) is 4.98 Å². The summed E-state index contributed by atoms with van der Waals surface area (Å²) in [6.07, 6.45) is 1.81. The van der Waals surface area contributed by atoms with Gasteiger partial charge in [-0.1, -0.05) is 17.4 Å². The van der Waals surface area contributed by atoms with E-state index in [1.54, 1.807) is 6.07 Å². The Kier molecular flexibility index (Phi) is 4.83. The van der Waals surface area contributed by atoms with Crippen LogP contribution in [-0.4, -0.2) is 24.0 Å². The van der Waals surface area contributed by atoms with Crippen molar-refractivity contribution in [3.63, 3.8) is 0 Å². The third-order valence-electron chi connectivity index (χ3n) is 5.18. The van der Waals surface area contributed by atoms with Crippen LogP contribution < -0.4 is 10.2 Å². The highest BCUT2D eigenvalue weighted by Crippen LogP contribution is 2.32. The van der Waals surface area contributed by atoms with E-state index in [2.05, 4.69) is 22.1 Å². The molecule has 1 unspecified atom stereocenters. The second-order valence-corrected chi connectivity index (χ2v) is 8.19. The molecule has 1 N–H and O–H groups in total. The first-order chi connectivity index (χ1) is 13.0. The summed E-state index contributed by atoms with van der Waals surface area (Å²) in [7, 11) is 0. The molecule has 1 amide bonds. The van der Waals surface area contributed by atoms with Crippen LogP contribution in [0.2, 0.25) is 0 Å². The number of carbonyl (C=O) groups is 1. The highest BCUT2D eigenvalue weighted by molar-refractivity contribution is 7.22. The number of benzene rings is 2. The number of thiazole rings is 1. The third kappa shape index (κ3) is 3.81. The van der Waals surface area contributed by atoms with Crippen molar-refractivity contribution in [2.75, 3.05) is 23.3 Å². The SMILES string of the molecule is Cc1ccc(NC(=O)C2CCCN(c3nc4ccc(F)cc4s3)C2)cc1C. The molecule has 0 radical (unpaired) electrons. The lowest BCUT2D eigenvalue weighted by Gasteiger charge is -2.31. The number of piperidine rings is 1. The third-order valence-corrected chi connectivity index (χ3v) is 6.26. The van der Waals surface area contributed by atoms with Crippen molar-refractivity contribution < 1.29 is 9.18 Å². The molecule has 140 valence electrons. The first kappa shape index (κ1) is 17.9. The van der Waals surface area contributed by atoms with Crippen LogP contribution in [0.15, 0.2) is 36.4 Å². The maximum absolute atomic E-state index is 13.4. The van der Waals surface area contributed by atoms with E-state index in [0.717, 1.165) is 40.4 Å². The molecular weight excluding hydrogens is 361 g/mol. The minimum absolute atomic E-state index is 0.0510. The van der Waals surface area contributed by atoms with Gasteiger partial charge in [-0.05, 0) is 68.1 Å². The van der Waals surface area contributed by atoms with Gasteiger partial charge in [0.15, 0.2) is 5.13 Å². The number of aromatic nitrogens is 1. The fourth-order valence-electron chi connectivity index (χ4n) is 3.45. The van der Waals surface area contributed by atoms with Crippen molar-refractivity contribution in [1.29, 1.82) is 0 Å². The molecule has 3 aromatic rings. The molecule has 0 spiro atoms. The lowest BCUT2D eigenvalue weighted by Crippen LogP contribution is -2.40. The molecule has 1 aromatic heterocycles. The Morgan fingerprint density at radius 1 is 1.22 bits per heavy atom. The lowest BCUT2D eigenvalue weighted by atomic mass is 9.97. The van der Waals surface area contributed by atoms with Crippen LogP contribution in [0.1, 0.15) is 24.0 Å². The average molecular weight is 383 g/mol. The maximum Gasteiger partial charge on any atom is 0.229 e. The molecule has 4 nitrogen and oxygen atoms in total. The van der Waals surface area contributed by atoms with E-state index in [0.29, 0.717) is 6.54 Å². The van der Waals surface area contributed by atoms with Gasteiger partial charge in [-0.3, -0.25) is 4.79 Å². The number of amides is 1. The summed E-state index contributed by atoms with van der Waals surface area (Å²) in [6.45, 7) is 5.61. The van der Waals surface area contributed by atoms with Crippen LogP contribution in [0.4, 0.5) is 15.2 Å². The van der Waals surface area contributed by atoms with Gasteiger partial charge in [-0.15, -0.1) is 0 Å². The minimum atomic E-state index is -0.248. The number of rotatable bonds is 3. The first-order valence-corrected chi connectivity index (χ1v) is 10.0. The quantitative estimate of drug-likeness (QED) is 0.699. The molecule has 1 aliphatic heterocycles. The average Bonchev–Trinajstić information content (AvgIpc) is 3.08. The van der Waals surface area contributed by atoms with Crippen molar-refractivity contribution in [2.45, 2.75) is 26.7 Å². The highest BCUT2D eigenvalue weighted by Gasteiger charge is 2.27. The Morgan fingerprint density at radius 2 is 2.07 bits per heavy atom. The van der Waals surface area contributed by atoms with Crippen molar-refractivity contribution in [3.05, 3.63) is 53.3 Å². The Hall–Kier alpha value is -2.47. The summed E-state index contributed by atoms with van der Waals surface area (Å²) in [4.78, 5) is 19.5. The van der Waals surface area contributed by atoms with Gasteiger partial charge in [0.25, 0.3) is 0 Å². The fraction of sp³-hybridized carbons (Fsp3) is 0.333. The number of carbonyl (C=O) groups excluding carboxylic acids is 1. The van der Waals surface area contributed by atoms with Gasteiger partial charge in [0.1, 0.15) is 5.82 Å². The second-order valence-electron chi connectivity index (χ2n) is 7.18. The molecule has 0 saturated carbocycles. The number of halogens is 1. The van der Waals surface area contributed by atoms with E-state index in [-0.39, 0.29) is 17.6 Å². The van der Waals surface area contributed by atoms with Gasteiger partial charge in [0.05, 0.1) is 16.1 Å². The van der Waals surface area contributed by atoms with E-state index >= 15 is 0 Å². The molecule has 0 aliphatic carbocycles. The van der Waals surface area contributed by atoms with Crippen molar-refractivity contribution in [3.8, 4) is 0 Å². The van der Waals surface area contributed by atoms with Crippen LogP contribution in [0, 0.1) is 25.6 Å². The predicted molar refractivity (Wildman–Crippen MR) is 109 cm³/mol. The number of nitrogens with zero attached hydrogens (tertiary/aromatic N) is 2. The molecule has 1 fully saturated rings. The monoisotopic (exact) mass is 383 g/mol. The number of hydrogen-bond donors (Lipinski definition) is 1. The van der Waals surface area contributed by atoms with Gasteiger partial charge in [0, 0.05) is 18.8 Å². The molecule has 1 atom stereocenters. The largest absolute Gasteiger partial charge is 0.347 e. The predicted octanol–water partition coefficient (Wildman–Crippen LogP) is 4.91. The molecule has 2 aromatic carbocycles. The van der Waals surface area contributed by atoms with E-state index in [1.807, 2.05) is 25.1 Å². The van der Waals surface area contributed by atoms with Gasteiger partial charge in [-0.2, -0.15) is 0 Å². The van der Waals surface area contributed by atoms with Crippen LogP contribution in [0.3, 0.4) is 0 Å². The molecule has 6 heteroatoms. The maximum atomic E-state index is 13.4. The number of fused-ring (bicyclic) bond motifs is 1. The Labute approximate surface area is 162 Å². The molecule has 27 heavy (non-hydrogen) atoms. The topological polar surface area (TPSA) is 45.2 Å². The molecule has 4 rings (SSSR count). The fourth-order valence-corrected chi connectivity index (χ4v) is 4.48. The van der Waals surface area contributed by atoms with E-state index in [4.69, 9.17) is 0 Å². The summed E-state index contributed by atoms with van der Waals surface area (Å²) in [6, 6.07) is 10.6. The number of hydrogen-bond acceptors (Lipinski definition) is 4. The Balaban J connectivity index is 1.48. The number of nitrogens with one attached hydrogen (secondary N) is 1. The van der Waals surface area contributed by atoms with Crippen LogP contribution >= 0.6 is 11.3 Å². The highest BCUT2D eigenvalue weighted by atomic mass is 32.1. The van der Waals surface area contributed by atoms with E-state index < -0.39 is 0 Å². The normalized spacial score (nSPS) is 17.3. The molecule has 2 heterocycles. The summed E-state index contributed by atoms with van der Waals surface area (Å²) in [5.41, 5.74) is 4.03. The smallest absolute Gasteiger partial charge is 0.229 e. The zero-order chi connectivity index (χ0) is 19.0. The summed E-state index contributed by atoms with van der Waals surface area (Å²) < 4.78 is 14.3. The first-order valence-electron chi connectivity index (χ1n) is 9.19. The van der Waals surface area contributed by atoms with Crippen molar-refractivity contribution in [2.24, 2.45) is 5.92 Å².